The second-order valence-corrected chi connectivity index (χ2v) is 9.00. The fourth-order valence-electron chi connectivity index (χ4n) is 4.36. The van der Waals surface area contributed by atoms with Crippen LogP contribution in [-0.4, -0.2) is 60.5 Å². The molecule has 1 fully saturated rings. The van der Waals surface area contributed by atoms with Gasteiger partial charge >= 0.3 is 0 Å². The van der Waals surface area contributed by atoms with Gasteiger partial charge in [0, 0.05) is 37.8 Å². The third kappa shape index (κ3) is 5.25. The molecule has 0 aliphatic carbocycles. The zero-order valence-electron chi connectivity index (χ0n) is 19.3. The predicted octanol–water partition coefficient (Wildman–Crippen LogP) is 4.76. The standard InChI is InChI=1S/C27H28F2N2O3/c1-18(2)15-31(26(32)23-9-5-7-19-6-3-4-8-22(19)23)17-21-16-30(12-13-34-21)27(33)24-11-10-20(28)14-25(24)29/h3-11,14,18,21H,12-13,15-17H2,1-2H3. The van der Waals surface area contributed by atoms with Crippen molar-refractivity contribution >= 4 is 22.6 Å². The van der Waals surface area contributed by atoms with E-state index in [0.717, 1.165) is 22.9 Å². The fraction of sp³-hybridized carbons (Fsp3) is 0.333. The number of carbonyl (C=O) groups excluding carboxylic acids is 2. The van der Waals surface area contributed by atoms with Crippen LogP contribution in [0.2, 0.25) is 0 Å². The summed E-state index contributed by atoms with van der Waals surface area (Å²) >= 11 is 0. The lowest BCUT2D eigenvalue weighted by atomic mass is 10.0. The van der Waals surface area contributed by atoms with Crippen LogP contribution < -0.4 is 0 Å². The van der Waals surface area contributed by atoms with Crippen molar-refractivity contribution in [3.63, 3.8) is 0 Å². The average molecular weight is 467 g/mol. The summed E-state index contributed by atoms with van der Waals surface area (Å²) in [5.74, 6) is -2.00. The number of rotatable bonds is 6. The van der Waals surface area contributed by atoms with Crippen LogP contribution in [0.4, 0.5) is 8.78 Å². The molecule has 2 amide bonds. The van der Waals surface area contributed by atoms with Gasteiger partial charge in [-0.15, -0.1) is 0 Å². The molecular formula is C27H28F2N2O3. The molecule has 1 unspecified atom stereocenters. The van der Waals surface area contributed by atoms with E-state index < -0.39 is 23.6 Å². The monoisotopic (exact) mass is 466 g/mol. The van der Waals surface area contributed by atoms with E-state index in [1.807, 2.05) is 56.3 Å². The van der Waals surface area contributed by atoms with Gasteiger partial charge in [0.15, 0.2) is 0 Å². The van der Waals surface area contributed by atoms with Crippen LogP contribution >= 0.6 is 0 Å². The first-order valence-corrected chi connectivity index (χ1v) is 11.5. The smallest absolute Gasteiger partial charge is 0.257 e. The Bertz CT molecular complexity index is 1190. The van der Waals surface area contributed by atoms with Crippen LogP contribution in [0.25, 0.3) is 10.8 Å². The Hall–Kier alpha value is -3.32. The van der Waals surface area contributed by atoms with Crippen molar-refractivity contribution in [2.75, 3.05) is 32.8 Å². The summed E-state index contributed by atoms with van der Waals surface area (Å²) in [6.07, 6.45) is -0.418. The van der Waals surface area contributed by atoms with Gasteiger partial charge in [0.2, 0.25) is 0 Å². The summed E-state index contributed by atoms with van der Waals surface area (Å²) in [5, 5.41) is 1.88. The van der Waals surface area contributed by atoms with E-state index in [1.165, 1.54) is 4.90 Å². The number of hydrogen-bond acceptors (Lipinski definition) is 3. The summed E-state index contributed by atoms with van der Waals surface area (Å²) in [6.45, 7) is 5.70. The molecule has 34 heavy (non-hydrogen) atoms. The lowest BCUT2D eigenvalue weighted by Gasteiger charge is -2.36. The second-order valence-electron chi connectivity index (χ2n) is 9.00. The molecule has 1 atom stereocenters. The second kappa shape index (κ2) is 10.3. The van der Waals surface area contributed by atoms with Gasteiger partial charge in [0.25, 0.3) is 11.8 Å². The van der Waals surface area contributed by atoms with Gasteiger partial charge in [-0.05, 0) is 34.9 Å². The Labute approximate surface area is 197 Å². The van der Waals surface area contributed by atoms with Crippen molar-refractivity contribution in [2.24, 2.45) is 5.92 Å². The van der Waals surface area contributed by atoms with Crippen molar-refractivity contribution in [3.8, 4) is 0 Å². The maximum absolute atomic E-state index is 14.2. The van der Waals surface area contributed by atoms with Gasteiger partial charge in [-0.25, -0.2) is 8.78 Å². The molecule has 3 aromatic rings. The molecular weight excluding hydrogens is 438 g/mol. The summed E-state index contributed by atoms with van der Waals surface area (Å²) in [4.78, 5) is 29.7. The van der Waals surface area contributed by atoms with Crippen molar-refractivity contribution < 1.29 is 23.1 Å². The quantitative estimate of drug-likeness (QED) is 0.527. The molecule has 1 aliphatic heterocycles. The van der Waals surface area contributed by atoms with Crippen LogP contribution in [0.3, 0.4) is 0 Å². The van der Waals surface area contributed by atoms with Crippen LogP contribution in [0.1, 0.15) is 34.6 Å². The van der Waals surface area contributed by atoms with E-state index in [-0.39, 0.29) is 30.5 Å². The average Bonchev–Trinajstić information content (AvgIpc) is 2.82. The Morgan fingerprint density at radius 2 is 1.82 bits per heavy atom. The van der Waals surface area contributed by atoms with E-state index in [9.17, 15) is 18.4 Å². The van der Waals surface area contributed by atoms with E-state index in [4.69, 9.17) is 4.74 Å². The minimum Gasteiger partial charge on any atom is -0.373 e. The molecule has 1 heterocycles. The van der Waals surface area contributed by atoms with Crippen LogP contribution in [-0.2, 0) is 4.74 Å². The van der Waals surface area contributed by atoms with Gasteiger partial charge in [0.1, 0.15) is 11.6 Å². The summed E-state index contributed by atoms with van der Waals surface area (Å²) in [7, 11) is 0. The molecule has 1 saturated heterocycles. The molecule has 0 N–H and O–H groups in total. The lowest BCUT2D eigenvalue weighted by Crippen LogP contribution is -2.51. The molecule has 0 radical (unpaired) electrons. The van der Waals surface area contributed by atoms with Gasteiger partial charge in [-0.2, -0.15) is 0 Å². The van der Waals surface area contributed by atoms with Gasteiger partial charge in [-0.3, -0.25) is 9.59 Å². The van der Waals surface area contributed by atoms with Crippen LogP contribution in [0.15, 0.2) is 60.7 Å². The fourth-order valence-corrected chi connectivity index (χ4v) is 4.36. The highest BCUT2D eigenvalue weighted by molar-refractivity contribution is 6.07. The van der Waals surface area contributed by atoms with E-state index in [0.29, 0.717) is 31.3 Å². The molecule has 178 valence electrons. The van der Waals surface area contributed by atoms with Gasteiger partial charge < -0.3 is 14.5 Å². The maximum Gasteiger partial charge on any atom is 0.257 e. The van der Waals surface area contributed by atoms with Crippen molar-refractivity contribution in [1.82, 2.24) is 9.80 Å². The maximum atomic E-state index is 14.2. The minimum atomic E-state index is -0.888. The number of nitrogens with zero attached hydrogens (tertiary/aromatic N) is 2. The Morgan fingerprint density at radius 3 is 2.59 bits per heavy atom. The first-order chi connectivity index (χ1) is 16.3. The number of fused-ring (bicyclic) bond motifs is 1. The molecule has 0 saturated carbocycles. The Kier molecular flexibility index (Phi) is 7.22. The normalized spacial score (nSPS) is 16.1. The van der Waals surface area contributed by atoms with Gasteiger partial charge in [0.05, 0.1) is 18.3 Å². The van der Waals surface area contributed by atoms with Crippen LogP contribution in [0, 0.1) is 17.6 Å². The first-order valence-electron chi connectivity index (χ1n) is 11.5. The summed E-state index contributed by atoms with van der Waals surface area (Å²) < 4.78 is 33.3. The van der Waals surface area contributed by atoms with Crippen molar-refractivity contribution in [3.05, 3.63) is 83.4 Å². The molecule has 0 spiro atoms. The van der Waals surface area contributed by atoms with E-state index in [1.54, 1.807) is 4.90 Å². The predicted molar refractivity (Wildman–Crippen MR) is 127 cm³/mol. The summed E-state index contributed by atoms with van der Waals surface area (Å²) in [5.41, 5.74) is 0.448. The number of morpholine rings is 1. The lowest BCUT2D eigenvalue weighted by molar-refractivity contribution is -0.0341. The van der Waals surface area contributed by atoms with E-state index >= 15 is 0 Å². The highest BCUT2D eigenvalue weighted by Crippen LogP contribution is 2.22. The molecule has 7 heteroatoms. The third-order valence-corrected chi connectivity index (χ3v) is 5.90. The molecule has 4 rings (SSSR count). The number of carbonyl (C=O) groups is 2. The number of halogens is 2. The number of amides is 2. The van der Waals surface area contributed by atoms with Gasteiger partial charge in [-0.1, -0.05) is 50.2 Å². The molecule has 0 bridgehead atoms. The highest BCUT2D eigenvalue weighted by atomic mass is 19.1. The molecule has 3 aromatic carbocycles. The topological polar surface area (TPSA) is 49.9 Å². The molecule has 5 nitrogen and oxygen atoms in total. The van der Waals surface area contributed by atoms with Crippen LogP contribution in [0.5, 0.6) is 0 Å². The zero-order chi connectivity index (χ0) is 24.2. The van der Waals surface area contributed by atoms with E-state index in [2.05, 4.69) is 0 Å². The first kappa shape index (κ1) is 23.8. The minimum absolute atomic E-state index is 0.0953. The Balaban J connectivity index is 1.53. The number of hydrogen-bond donors (Lipinski definition) is 0. The van der Waals surface area contributed by atoms with Crippen molar-refractivity contribution in [1.29, 1.82) is 0 Å². The largest absolute Gasteiger partial charge is 0.373 e. The Morgan fingerprint density at radius 1 is 1.06 bits per heavy atom. The molecule has 1 aliphatic rings. The SMILES string of the molecule is CC(C)CN(CC1CN(C(=O)c2ccc(F)cc2F)CCO1)C(=O)c1cccc2ccccc12. The summed E-state index contributed by atoms with van der Waals surface area (Å²) in [6, 6.07) is 16.4. The zero-order valence-corrected chi connectivity index (χ0v) is 19.3. The number of ether oxygens (including phenoxy) is 1. The van der Waals surface area contributed by atoms with Crippen molar-refractivity contribution in [2.45, 2.75) is 20.0 Å². The number of benzene rings is 3. The molecule has 0 aromatic heterocycles. The third-order valence-electron chi connectivity index (χ3n) is 5.90. The highest BCUT2D eigenvalue weighted by Gasteiger charge is 2.30.